The van der Waals surface area contributed by atoms with Crippen molar-refractivity contribution in [3.8, 4) is 0 Å². The highest BCUT2D eigenvalue weighted by Gasteiger charge is 2.49. The third-order valence-corrected chi connectivity index (χ3v) is 6.25. The Balaban J connectivity index is 2.78. The van der Waals surface area contributed by atoms with Gasteiger partial charge in [0.05, 0.1) is 12.2 Å². The number of nitrogens with zero attached hydrogens (tertiary/aromatic N) is 1. The van der Waals surface area contributed by atoms with Gasteiger partial charge in [0.25, 0.3) is 0 Å². The second kappa shape index (κ2) is 6.11. The summed E-state index contributed by atoms with van der Waals surface area (Å²) in [7, 11) is -3.62. The van der Waals surface area contributed by atoms with Crippen molar-refractivity contribution in [2.24, 2.45) is 5.41 Å². The predicted molar refractivity (Wildman–Crippen MR) is 75.1 cm³/mol. The fourth-order valence-electron chi connectivity index (χ4n) is 2.37. The van der Waals surface area contributed by atoms with Crippen LogP contribution in [-0.4, -0.2) is 54.4 Å². The Labute approximate surface area is 120 Å². The molecule has 1 rings (SSSR count). The van der Waals surface area contributed by atoms with E-state index in [9.17, 15) is 18.0 Å². The highest BCUT2D eigenvalue weighted by Crippen LogP contribution is 2.50. The van der Waals surface area contributed by atoms with Crippen LogP contribution in [0, 0.1) is 5.41 Å². The summed E-state index contributed by atoms with van der Waals surface area (Å²) in [4.78, 5) is 24.4. The smallest absolute Gasteiger partial charge is 0.303 e. The van der Waals surface area contributed by atoms with Crippen LogP contribution >= 0.6 is 0 Å². The average molecular weight is 305 g/mol. The van der Waals surface area contributed by atoms with Gasteiger partial charge in [-0.05, 0) is 39.0 Å². The van der Waals surface area contributed by atoms with E-state index in [1.165, 1.54) is 11.8 Å². The third kappa shape index (κ3) is 3.94. The van der Waals surface area contributed by atoms with E-state index < -0.39 is 32.4 Å². The Kier molecular flexibility index (Phi) is 5.18. The number of aliphatic carboxylic acids is 1. The summed E-state index contributed by atoms with van der Waals surface area (Å²) < 4.78 is 24.6. The van der Waals surface area contributed by atoms with Crippen LogP contribution in [-0.2, 0) is 19.4 Å². The molecule has 1 fully saturated rings. The van der Waals surface area contributed by atoms with E-state index in [4.69, 9.17) is 5.11 Å². The molecule has 0 heterocycles. The predicted octanol–water partition coefficient (Wildman–Crippen LogP) is 0.913. The first kappa shape index (κ1) is 16.9. The molecule has 0 spiro atoms. The molecular formula is C13H23NO5S. The minimum absolute atomic E-state index is 0.140. The zero-order chi connectivity index (χ0) is 15.6. The Morgan fingerprint density at radius 3 is 2.10 bits per heavy atom. The van der Waals surface area contributed by atoms with Gasteiger partial charge in [0.15, 0.2) is 9.84 Å². The maximum Gasteiger partial charge on any atom is 0.303 e. The van der Waals surface area contributed by atoms with E-state index in [0.29, 0.717) is 25.9 Å². The lowest BCUT2D eigenvalue weighted by Crippen LogP contribution is -2.43. The number of hydrogen-bond acceptors (Lipinski definition) is 4. The number of carboxylic acids is 1. The van der Waals surface area contributed by atoms with Gasteiger partial charge in [0.2, 0.25) is 5.91 Å². The Hall–Kier alpha value is -1.11. The molecule has 116 valence electrons. The molecule has 1 saturated carbocycles. The number of sulfone groups is 1. The van der Waals surface area contributed by atoms with E-state index in [-0.39, 0.29) is 12.2 Å². The SMILES string of the molecule is CCN(CC)C(=O)C(C)S(=O)(=O)CC1(CC(=O)O)CC1. The van der Waals surface area contributed by atoms with E-state index >= 15 is 0 Å². The summed E-state index contributed by atoms with van der Waals surface area (Å²) in [6.07, 6.45) is 1.06. The summed E-state index contributed by atoms with van der Waals surface area (Å²) >= 11 is 0. The van der Waals surface area contributed by atoms with Crippen molar-refractivity contribution in [2.45, 2.75) is 45.3 Å². The molecule has 1 N–H and O–H groups in total. The fourth-order valence-corrected chi connectivity index (χ4v) is 4.32. The molecule has 1 atom stereocenters. The largest absolute Gasteiger partial charge is 0.481 e. The van der Waals surface area contributed by atoms with Crippen molar-refractivity contribution >= 4 is 21.7 Å². The summed E-state index contributed by atoms with van der Waals surface area (Å²) in [5, 5.41) is 7.73. The summed E-state index contributed by atoms with van der Waals surface area (Å²) in [6, 6.07) is 0. The van der Waals surface area contributed by atoms with E-state index in [1.54, 1.807) is 13.8 Å². The highest BCUT2D eigenvalue weighted by atomic mass is 32.2. The molecular weight excluding hydrogens is 282 g/mol. The van der Waals surface area contributed by atoms with Crippen LogP contribution in [0.2, 0.25) is 0 Å². The number of rotatable bonds is 8. The molecule has 1 unspecified atom stereocenters. The van der Waals surface area contributed by atoms with E-state index in [0.717, 1.165) is 0 Å². The molecule has 20 heavy (non-hydrogen) atoms. The molecule has 0 bridgehead atoms. The topological polar surface area (TPSA) is 91.8 Å². The Bertz CT molecular complexity index is 477. The number of amides is 1. The standard InChI is InChI=1S/C13H23NO5S/c1-4-14(5-2)12(17)10(3)20(18,19)9-13(6-7-13)8-11(15)16/h10H,4-9H2,1-3H3,(H,15,16). The molecule has 0 aliphatic heterocycles. The monoisotopic (exact) mass is 305 g/mol. The molecule has 0 aromatic carbocycles. The van der Waals surface area contributed by atoms with Crippen LogP contribution in [0.25, 0.3) is 0 Å². The molecule has 0 aromatic rings. The number of carbonyl (C=O) groups excluding carboxylic acids is 1. The van der Waals surface area contributed by atoms with Crippen molar-refractivity contribution < 1.29 is 23.1 Å². The van der Waals surface area contributed by atoms with Crippen molar-refractivity contribution in [2.75, 3.05) is 18.8 Å². The van der Waals surface area contributed by atoms with Crippen LogP contribution in [0.3, 0.4) is 0 Å². The van der Waals surface area contributed by atoms with Gasteiger partial charge >= 0.3 is 5.97 Å². The van der Waals surface area contributed by atoms with Crippen LogP contribution in [0.1, 0.15) is 40.0 Å². The van der Waals surface area contributed by atoms with Gasteiger partial charge in [-0.2, -0.15) is 0 Å². The van der Waals surface area contributed by atoms with Gasteiger partial charge < -0.3 is 10.0 Å². The quantitative estimate of drug-likeness (QED) is 0.719. The zero-order valence-electron chi connectivity index (χ0n) is 12.3. The lowest BCUT2D eigenvalue weighted by atomic mass is 10.1. The number of hydrogen-bond donors (Lipinski definition) is 1. The minimum atomic E-state index is -3.62. The van der Waals surface area contributed by atoms with E-state index in [1.807, 2.05) is 0 Å². The van der Waals surface area contributed by atoms with Gasteiger partial charge in [-0.3, -0.25) is 9.59 Å². The molecule has 7 heteroatoms. The molecule has 1 amide bonds. The highest BCUT2D eigenvalue weighted by molar-refractivity contribution is 7.92. The van der Waals surface area contributed by atoms with Crippen LogP contribution in [0.4, 0.5) is 0 Å². The molecule has 1 aliphatic carbocycles. The van der Waals surface area contributed by atoms with Gasteiger partial charge in [0, 0.05) is 13.1 Å². The normalized spacial score (nSPS) is 18.4. The second-order valence-electron chi connectivity index (χ2n) is 5.53. The summed E-state index contributed by atoms with van der Waals surface area (Å²) in [6.45, 7) is 5.93. The second-order valence-corrected chi connectivity index (χ2v) is 7.85. The average Bonchev–Trinajstić information content (AvgIpc) is 3.06. The Morgan fingerprint density at radius 2 is 1.75 bits per heavy atom. The first-order valence-corrected chi connectivity index (χ1v) is 8.61. The van der Waals surface area contributed by atoms with Gasteiger partial charge in [-0.25, -0.2) is 8.42 Å². The summed E-state index contributed by atoms with van der Waals surface area (Å²) in [5.74, 6) is -1.60. The lowest BCUT2D eigenvalue weighted by molar-refractivity contribution is -0.138. The van der Waals surface area contributed by atoms with Crippen LogP contribution < -0.4 is 0 Å². The number of carboxylic acid groups (broad SMARTS) is 1. The minimum Gasteiger partial charge on any atom is -0.481 e. The Morgan fingerprint density at radius 1 is 1.25 bits per heavy atom. The maximum atomic E-state index is 12.3. The summed E-state index contributed by atoms with van der Waals surface area (Å²) in [5.41, 5.74) is -0.650. The molecule has 0 radical (unpaired) electrons. The zero-order valence-corrected chi connectivity index (χ0v) is 13.1. The lowest BCUT2D eigenvalue weighted by Gasteiger charge is -2.24. The third-order valence-electron chi connectivity index (χ3n) is 3.95. The van der Waals surface area contributed by atoms with Crippen LogP contribution in [0.5, 0.6) is 0 Å². The van der Waals surface area contributed by atoms with E-state index in [2.05, 4.69) is 0 Å². The van der Waals surface area contributed by atoms with Crippen molar-refractivity contribution in [3.05, 3.63) is 0 Å². The molecule has 0 saturated heterocycles. The molecule has 6 nitrogen and oxygen atoms in total. The maximum absolute atomic E-state index is 12.3. The molecule has 0 aromatic heterocycles. The van der Waals surface area contributed by atoms with Crippen molar-refractivity contribution in [1.82, 2.24) is 4.90 Å². The van der Waals surface area contributed by atoms with Crippen molar-refractivity contribution in [3.63, 3.8) is 0 Å². The van der Waals surface area contributed by atoms with Gasteiger partial charge in [0.1, 0.15) is 5.25 Å². The van der Waals surface area contributed by atoms with Gasteiger partial charge in [-0.15, -0.1) is 0 Å². The first-order chi connectivity index (χ1) is 9.17. The van der Waals surface area contributed by atoms with Crippen LogP contribution in [0.15, 0.2) is 0 Å². The first-order valence-electron chi connectivity index (χ1n) is 6.89. The number of carbonyl (C=O) groups is 2. The van der Waals surface area contributed by atoms with Crippen molar-refractivity contribution in [1.29, 1.82) is 0 Å². The fraction of sp³-hybridized carbons (Fsp3) is 0.846. The molecule has 1 aliphatic rings. The van der Waals surface area contributed by atoms with Gasteiger partial charge in [-0.1, -0.05) is 0 Å².